The Morgan fingerprint density at radius 2 is 1.79 bits per heavy atom. The van der Waals surface area contributed by atoms with Crippen molar-refractivity contribution in [2.75, 3.05) is 25.0 Å². The SMILES string of the molecule is Cc1ccc(NC(=O)COC(=O)c2ccncc2)cc1S(=O)(=O)N1CCCCC1. The van der Waals surface area contributed by atoms with E-state index in [0.29, 0.717) is 24.3 Å². The van der Waals surface area contributed by atoms with Crippen LogP contribution in [0.2, 0.25) is 0 Å². The van der Waals surface area contributed by atoms with Crippen molar-refractivity contribution in [2.24, 2.45) is 0 Å². The van der Waals surface area contributed by atoms with Crippen LogP contribution in [0, 0.1) is 6.92 Å². The summed E-state index contributed by atoms with van der Waals surface area (Å²) in [6.07, 6.45) is 5.62. The molecule has 1 aliphatic rings. The molecule has 1 aromatic carbocycles. The minimum absolute atomic E-state index is 0.172. The molecule has 0 unspecified atom stereocenters. The fraction of sp³-hybridized carbons (Fsp3) is 0.350. The van der Waals surface area contributed by atoms with Crippen molar-refractivity contribution >= 4 is 27.6 Å². The van der Waals surface area contributed by atoms with Crippen LogP contribution in [0.3, 0.4) is 0 Å². The molecule has 1 saturated heterocycles. The lowest BCUT2D eigenvalue weighted by Gasteiger charge is -2.26. The van der Waals surface area contributed by atoms with Crippen molar-refractivity contribution in [3.8, 4) is 0 Å². The zero-order valence-electron chi connectivity index (χ0n) is 16.1. The number of sulfonamides is 1. The van der Waals surface area contributed by atoms with E-state index in [9.17, 15) is 18.0 Å². The molecule has 1 aliphatic heterocycles. The van der Waals surface area contributed by atoms with E-state index in [-0.39, 0.29) is 10.5 Å². The predicted molar refractivity (Wildman–Crippen MR) is 107 cm³/mol. The van der Waals surface area contributed by atoms with Gasteiger partial charge >= 0.3 is 5.97 Å². The topological polar surface area (TPSA) is 106 Å². The molecule has 9 heteroatoms. The van der Waals surface area contributed by atoms with Gasteiger partial charge in [0, 0.05) is 31.2 Å². The predicted octanol–water partition coefficient (Wildman–Crippen LogP) is 2.36. The lowest BCUT2D eigenvalue weighted by Crippen LogP contribution is -2.36. The number of nitrogens with one attached hydrogen (secondary N) is 1. The molecule has 29 heavy (non-hydrogen) atoms. The number of ether oxygens (including phenoxy) is 1. The molecule has 1 aromatic heterocycles. The largest absolute Gasteiger partial charge is 0.452 e. The van der Waals surface area contributed by atoms with E-state index in [1.807, 2.05) is 0 Å². The standard InChI is InChI=1S/C20H23N3O5S/c1-15-5-6-17(13-18(15)29(26,27)23-11-3-2-4-12-23)22-19(24)14-28-20(25)16-7-9-21-10-8-16/h5-10,13H,2-4,11-12,14H2,1H3,(H,22,24). The van der Waals surface area contributed by atoms with E-state index in [1.165, 1.54) is 34.9 Å². The number of rotatable bonds is 6. The summed E-state index contributed by atoms with van der Waals surface area (Å²) in [5.74, 6) is -1.20. The lowest BCUT2D eigenvalue weighted by atomic mass is 10.2. The quantitative estimate of drug-likeness (QED) is 0.724. The summed E-state index contributed by atoms with van der Waals surface area (Å²) in [7, 11) is -3.62. The number of hydrogen-bond donors (Lipinski definition) is 1. The van der Waals surface area contributed by atoms with E-state index in [4.69, 9.17) is 4.74 Å². The Balaban J connectivity index is 1.66. The molecule has 0 spiro atoms. The Kier molecular flexibility index (Phi) is 6.60. The monoisotopic (exact) mass is 417 g/mol. The van der Waals surface area contributed by atoms with Crippen molar-refractivity contribution in [3.63, 3.8) is 0 Å². The van der Waals surface area contributed by atoms with Crippen LogP contribution in [0.25, 0.3) is 0 Å². The number of esters is 1. The van der Waals surface area contributed by atoms with Crippen molar-refractivity contribution in [1.29, 1.82) is 0 Å². The summed E-state index contributed by atoms with van der Waals surface area (Å²) in [4.78, 5) is 28.0. The van der Waals surface area contributed by atoms with Crippen LogP contribution < -0.4 is 5.32 Å². The van der Waals surface area contributed by atoms with Crippen LogP contribution in [0.1, 0.15) is 35.2 Å². The third-order valence-electron chi connectivity index (χ3n) is 4.66. The van der Waals surface area contributed by atoms with Gasteiger partial charge in [0.1, 0.15) is 0 Å². The summed E-state index contributed by atoms with van der Waals surface area (Å²) >= 11 is 0. The van der Waals surface area contributed by atoms with E-state index in [1.54, 1.807) is 19.1 Å². The highest BCUT2D eigenvalue weighted by Crippen LogP contribution is 2.26. The molecule has 2 heterocycles. The van der Waals surface area contributed by atoms with Gasteiger partial charge in [0.2, 0.25) is 10.0 Å². The molecule has 0 radical (unpaired) electrons. The summed E-state index contributed by atoms with van der Waals surface area (Å²) in [6.45, 7) is 2.24. The maximum atomic E-state index is 13.0. The van der Waals surface area contributed by atoms with Gasteiger partial charge in [-0.05, 0) is 49.6 Å². The normalized spacial score (nSPS) is 14.9. The molecule has 1 amide bonds. The average Bonchev–Trinajstić information content (AvgIpc) is 2.74. The van der Waals surface area contributed by atoms with Gasteiger partial charge in [0.25, 0.3) is 5.91 Å². The first-order valence-corrected chi connectivity index (χ1v) is 10.8. The zero-order valence-corrected chi connectivity index (χ0v) is 16.9. The Morgan fingerprint density at radius 3 is 2.48 bits per heavy atom. The van der Waals surface area contributed by atoms with Gasteiger partial charge in [0.05, 0.1) is 10.5 Å². The maximum Gasteiger partial charge on any atom is 0.338 e. The highest BCUT2D eigenvalue weighted by Gasteiger charge is 2.27. The average molecular weight is 417 g/mol. The fourth-order valence-electron chi connectivity index (χ4n) is 3.10. The van der Waals surface area contributed by atoms with Gasteiger partial charge < -0.3 is 10.1 Å². The number of piperidine rings is 1. The third-order valence-corrected chi connectivity index (χ3v) is 6.70. The lowest BCUT2D eigenvalue weighted by molar-refractivity contribution is -0.119. The number of hydrogen-bond acceptors (Lipinski definition) is 6. The minimum atomic E-state index is -3.62. The second-order valence-electron chi connectivity index (χ2n) is 6.81. The zero-order chi connectivity index (χ0) is 20.9. The number of carbonyl (C=O) groups excluding carboxylic acids is 2. The summed E-state index contributed by atoms with van der Waals surface area (Å²) in [5.41, 5.74) is 1.23. The fourth-order valence-corrected chi connectivity index (χ4v) is 4.87. The van der Waals surface area contributed by atoms with Crippen molar-refractivity contribution in [3.05, 3.63) is 53.9 Å². The smallest absolute Gasteiger partial charge is 0.338 e. The molecule has 0 bridgehead atoms. The minimum Gasteiger partial charge on any atom is -0.452 e. The number of carbonyl (C=O) groups is 2. The molecule has 1 N–H and O–H groups in total. The number of anilines is 1. The first kappa shape index (κ1) is 20.9. The first-order chi connectivity index (χ1) is 13.9. The molecule has 8 nitrogen and oxygen atoms in total. The molecule has 3 rings (SSSR count). The van der Waals surface area contributed by atoms with Crippen molar-refractivity contribution in [2.45, 2.75) is 31.1 Å². The first-order valence-electron chi connectivity index (χ1n) is 9.36. The second-order valence-corrected chi connectivity index (χ2v) is 8.71. The number of aryl methyl sites for hydroxylation is 1. The Morgan fingerprint density at radius 1 is 1.10 bits per heavy atom. The molecular formula is C20H23N3O5S. The van der Waals surface area contributed by atoms with E-state index in [0.717, 1.165) is 19.3 Å². The van der Waals surface area contributed by atoms with Gasteiger partial charge in [-0.25, -0.2) is 13.2 Å². The number of aromatic nitrogens is 1. The summed E-state index contributed by atoms with van der Waals surface area (Å²) in [6, 6.07) is 7.68. The Bertz CT molecular complexity index is 986. The van der Waals surface area contributed by atoms with E-state index < -0.39 is 28.5 Å². The van der Waals surface area contributed by atoms with Crippen LogP contribution in [0.15, 0.2) is 47.6 Å². The van der Waals surface area contributed by atoms with Gasteiger partial charge in [-0.3, -0.25) is 9.78 Å². The number of pyridine rings is 1. The molecule has 0 aliphatic carbocycles. The van der Waals surface area contributed by atoms with Gasteiger partial charge in [0.15, 0.2) is 6.61 Å². The molecule has 1 fully saturated rings. The molecule has 0 saturated carbocycles. The van der Waals surface area contributed by atoms with E-state index >= 15 is 0 Å². The molecule has 0 atom stereocenters. The van der Waals surface area contributed by atoms with Gasteiger partial charge in [-0.2, -0.15) is 4.31 Å². The molecule has 2 aromatic rings. The van der Waals surface area contributed by atoms with Crippen LogP contribution in [-0.2, 0) is 19.6 Å². The highest BCUT2D eigenvalue weighted by atomic mass is 32.2. The second kappa shape index (κ2) is 9.15. The Hall–Kier alpha value is -2.78. The van der Waals surface area contributed by atoms with Crippen molar-refractivity contribution < 1.29 is 22.7 Å². The molecular weight excluding hydrogens is 394 g/mol. The van der Waals surface area contributed by atoms with E-state index in [2.05, 4.69) is 10.3 Å². The summed E-state index contributed by atoms with van der Waals surface area (Å²) < 4.78 is 32.4. The van der Waals surface area contributed by atoms with Crippen LogP contribution in [-0.4, -0.2) is 49.3 Å². The van der Waals surface area contributed by atoms with Crippen LogP contribution in [0.4, 0.5) is 5.69 Å². The van der Waals surface area contributed by atoms with Gasteiger partial charge in [-0.15, -0.1) is 0 Å². The van der Waals surface area contributed by atoms with Crippen LogP contribution >= 0.6 is 0 Å². The molecule has 154 valence electrons. The number of amides is 1. The summed E-state index contributed by atoms with van der Waals surface area (Å²) in [5, 5.41) is 2.58. The third kappa shape index (κ3) is 5.18. The number of benzene rings is 1. The van der Waals surface area contributed by atoms with Crippen molar-refractivity contribution in [1.82, 2.24) is 9.29 Å². The Labute approximate surface area is 169 Å². The number of nitrogens with zero attached hydrogens (tertiary/aromatic N) is 2. The van der Waals surface area contributed by atoms with Crippen LogP contribution in [0.5, 0.6) is 0 Å². The maximum absolute atomic E-state index is 13.0. The highest BCUT2D eigenvalue weighted by molar-refractivity contribution is 7.89. The van der Waals surface area contributed by atoms with Gasteiger partial charge in [-0.1, -0.05) is 12.5 Å².